The van der Waals surface area contributed by atoms with Crippen molar-refractivity contribution in [2.24, 2.45) is 5.10 Å². The van der Waals surface area contributed by atoms with E-state index in [1.165, 1.54) is 4.90 Å². The van der Waals surface area contributed by atoms with E-state index in [0.717, 1.165) is 45.0 Å². The summed E-state index contributed by atoms with van der Waals surface area (Å²) in [4.78, 5) is 1.53. The summed E-state index contributed by atoms with van der Waals surface area (Å²) >= 11 is 5.15. The lowest BCUT2D eigenvalue weighted by atomic mass is 10.2. The molecule has 0 aliphatic carbocycles. The number of ether oxygens (including phenoxy) is 1. The van der Waals surface area contributed by atoms with Crippen LogP contribution in [-0.4, -0.2) is 55.8 Å². The van der Waals surface area contributed by atoms with Crippen LogP contribution < -0.4 is 15.6 Å². The van der Waals surface area contributed by atoms with Crippen molar-refractivity contribution in [2.45, 2.75) is 0 Å². The molecule has 2 rings (SSSR count). The zero-order valence-electron chi connectivity index (χ0n) is 11.8. The number of hydrogen-bond acceptors (Lipinski definition) is 4. The molecule has 1 aromatic rings. The molecule has 4 N–H and O–H groups in total. The van der Waals surface area contributed by atoms with E-state index in [0.29, 0.717) is 5.11 Å². The second-order valence-corrected chi connectivity index (χ2v) is 5.24. The van der Waals surface area contributed by atoms with Crippen LogP contribution >= 0.6 is 12.2 Å². The monoisotopic (exact) mass is 309 g/mol. The molecule has 1 aliphatic rings. The number of thiocarbonyl (C=S) groups is 1. The van der Waals surface area contributed by atoms with E-state index in [1.54, 1.807) is 30.5 Å². The summed E-state index contributed by atoms with van der Waals surface area (Å²) in [5.41, 5.74) is 3.67. The molecular formula is C14H21N4O2S+. The molecule has 1 saturated heterocycles. The molecule has 6 nitrogen and oxygen atoms in total. The van der Waals surface area contributed by atoms with Gasteiger partial charge in [-0.2, -0.15) is 5.10 Å². The number of morpholine rings is 1. The lowest BCUT2D eigenvalue weighted by Gasteiger charge is -2.23. The third-order valence-corrected chi connectivity index (χ3v) is 3.47. The van der Waals surface area contributed by atoms with Crippen molar-refractivity contribution in [3.8, 4) is 5.75 Å². The first-order valence-corrected chi connectivity index (χ1v) is 7.42. The van der Waals surface area contributed by atoms with Gasteiger partial charge in [-0.15, -0.1) is 0 Å². The van der Waals surface area contributed by atoms with E-state index in [2.05, 4.69) is 15.8 Å². The lowest BCUT2D eigenvalue weighted by Crippen LogP contribution is -3.14. The van der Waals surface area contributed by atoms with Gasteiger partial charge in [0.2, 0.25) is 0 Å². The Morgan fingerprint density at radius 1 is 1.33 bits per heavy atom. The average Bonchev–Trinajstić information content (AvgIpc) is 2.50. The van der Waals surface area contributed by atoms with Crippen molar-refractivity contribution in [3.63, 3.8) is 0 Å². The molecule has 0 spiro atoms. The fraction of sp³-hybridized carbons (Fsp3) is 0.429. The van der Waals surface area contributed by atoms with Gasteiger partial charge in [0.25, 0.3) is 0 Å². The highest BCUT2D eigenvalue weighted by molar-refractivity contribution is 7.80. The van der Waals surface area contributed by atoms with Crippen molar-refractivity contribution in [2.75, 3.05) is 39.4 Å². The van der Waals surface area contributed by atoms with E-state index in [-0.39, 0.29) is 5.75 Å². The number of hydrogen-bond donors (Lipinski definition) is 4. The van der Waals surface area contributed by atoms with E-state index in [4.69, 9.17) is 17.0 Å². The maximum absolute atomic E-state index is 9.17. The summed E-state index contributed by atoms with van der Waals surface area (Å²) in [6.07, 6.45) is 1.65. The summed E-state index contributed by atoms with van der Waals surface area (Å²) in [7, 11) is 0. The number of phenols is 1. The molecule has 1 fully saturated rings. The number of benzene rings is 1. The molecule has 0 unspecified atom stereocenters. The average molecular weight is 309 g/mol. The largest absolute Gasteiger partial charge is 0.508 e. The van der Waals surface area contributed by atoms with Gasteiger partial charge in [-0.05, 0) is 42.0 Å². The Morgan fingerprint density at radius 2 is 2.05 bits per heavy atom. The van der Waals surface area contributed by atoms with Crippen LogP contribution in [0.1, 0.15) is 5.56 Å². The quantitative estimate of drug-likeness (QED) is 0.323. The standard InChI is InChI=1S/C14H20N4O2S/c19-13-3-1-12(2-4-13)11-16-17-14(21)15-5-6-18-7-9-20-10-8-18/h1-4,11,19H,5-10H2,(H2,15,17,21)/p+1/b16-11+. The fourth-order valence-electron chi connectivity index (χ4n) is 2.03. The Bertz CT molecular complexity index is 472. The highest BCUT2D eigenvalue weighted by Gasteiger charge is 2.12. The van der Waals surface area contributed by atoms with Crippen LogP contribution in [-0.2, 0) is 4.74 Å². The van der Waals surface area contributed by atoms with E-state index in [1.807, 2.05) is 0 Å². The molecule has 0 aromatic heterocycles. The minimum absolute atomic E-state index is 0.239. The van der Waals surface area contributed by atoms with E-state index >= 15 is 0 Å². The fourth-order valence-corrected chi connectivity index (χ4v) is 2.18. The normalized spacial score (nSPS) is 16.0. The SMILES string of the molecule is Oc1ccc(/C=N/NC(=S)NCC[NH+]2CCOCC2)cc1. The minimum atomic E-state index is 0.239. The molecule has 21 heavy (non-hydrogen) atoms. The number of hydrazone groups is 1. The van der Waals surface area contributed by atoms with Gasteiger partial charge in [-0.1, -0.05) is 0 Å². The van der Waals surface area contributed by atoms with Gasteiger partial charge in [-0.3, -0.25) is 5.43 Å². The first-order chi connectivity index (χ1) is 10.2. The number of phenolic OH excluding ortho intramolecular Hbond substituents is 1. The Balaban J connectivity index is 1.61. The Labute approximate surface area is 129 Å². The second kappa shape index (κ2) is 8.56. The van der Waals surface area contributed by atoms with Crippen LogP contribution in [0.25, 0.3) is 0 Å². The van der Waals surface area contributed by atoms with Gasteiger partial charge >= 0.3 is 0 Å². The van der Waals surface area contributed by atoms with Gasteiger partial charge in [0.05, 0.1) is 32.5 Å². The minimum Gasteiger partial charge on any atom is -0.508 e. The Hall–Kier alpha value is -1.70. The number of nitrogens with one attached hydrogen (secondary N) is 3. The van der Waals surface area contributed by atoms with E-state index < -0.39 is 0 Å². The van der Waals surface area contributed by atoms with Crippen molar-refractivity contribution in [1.29, 1.82) is 0 Å². The first-order valence-electron chi connectivity index (χ1n) is 7.01. The lowest BCUT2D eigenvalue weighted by molar-refractivity contribution is -0.906. The van der Waals surface area contributed by atoms with Crippen LogP contribution in [0.5, 0.6) is 5.75 Å². The smallest absolute Gasteiger partial charge is 0.187 e. The van der Waals surface area contributed by atoms with Crippen molar-refractivity contribution < 1.29 is 14.7 Å². The van der Waals surface area contributed by atoms with Crippen molar-refractivity contribution in [3.05, 3.63) is 29.8 Å². The highest BCUT2D eigenvalue weighted by atomic mass is 32.1. The number of nitrogens with zero attached hydrogens (tertiary/aromatic N) is 1. The molecule has 1 aliphatic heterocycles. The maximum Gasteiger partial charge on any atom is 0.187 e. The molecule has 0 saturated carbocycles. The van der Waals surface area contributed by atoms with Crippen LogP contribution in [0.15, 0.2) is 29.4 Å². The predicted octanol–water partition coefficient (Wildman–Crippen LogP) is -0.895. The summed E-state index contributed by atoms with van der Waals surface area (Å²) in [5, 5.41) is 16.9. The predicted molar refractivity (Wildman–Crippen MR) is 85.8 cm³/mol. The third kappa shape index (κ3) is 6.07. The summed E-state index contributed by atoms with van der Waals surface area (Å²) in [6, 6.07) is 6.78. The molecule has 7 heteroatoms. The van der Waals surface area contributed by atoms with Crippen LogP contribution in [0.4, 0.5) is 0 Å². The number of quaternary nitrogens is 1. The van der Waals surface area contributed by atoms with E-state index in [9.17, 15) is 5.11 Å². The summed E-state index contributed by atoms with van der Waals surface area (Å²) in [5.74, 6) is 0.239. The second-order valence-electron chi connectivity index (χ2n) is 4.83. The highest BCUT2D eigenvalue weighted by Crippen LogP contribution is 2.07. The number of rotatable bonds is 5. The summed E-state index contributed by atoms with van der Waals surface area (Å²) in [6.45, 7) is 5.63. The topological polar surface area (TPSA) is 70.3 Å². The molecule has 0 atom stereocenters. The Kier molecular flexibility index (Phi) is 6.39. The first kappa shape index (κ1) is 15.7. The van der Waals surface area contributed by atoms with Crippen LogP contribution in [0.3, 0.4) is 0 Å². The zero-order chi connectivity index (χ0) is 14.9. The van der Waals surface area contributed by atoms with Crippen molar-refractivity contribution in [1.82, 2.24) is 10.7 Å². The number of aromatic hydroxyl groups is 1. The summed E-state index contributed by atoms with van der Waals surface area (Å²) < 4.78 is 5.32. The molecule has 114 valence electrons. The van der Waals surface area contributed by atoms with Crippen molar-refractivity contribution >= 4 is 23.5 Å². The van der Waals surface area contributed by atoms with Gasteiger partial charge in [0, 0.05) is 0 Å². The third-order valence-electron chi connectivity index (χ3n) is 3.24. The van der Waals surface area contributed by atoms with Gasteiger partial charge in [-0.25, -0.2) is 0 Å². The molecular weight excluding hydrogens is 288 g/mol. The van der Waals surface area contributed by atoms with Gasteiger partial charge in [0.15, 0.2) is 5.11 Å². The maximum atomic E-state index is 9.17. The molecule has 0 amide bonds. The van der Waals surface area contributed by atoms with Crippen LogP contribution in [0, 0.1) is 0 Å². The van der Waals surface area contributed by atoms with Crippen LogP contribution in [0.2, 0.25) is 0 Å². The van der Waals surface area contributed by atoms with Gasteiger partial charge in [0.1, 0.15) is 18.8 Å². The molecule has 0 bridgehead atoms. The molecule has 1 heterocycles. The molecule has 1 aromatic carbocycles. The van der Waals surface area contributed by atoms with Gasteiger partial charge < -0.3 is 20.1 Å². The Morgan fingerprint density at radius 3 is 2.76 bits per heavy atom. The molecule has 0 radical (unpaired) electrons. The zero-order valence-corrected chi connectivity index (χ0v) is 12.7.